The Labute approximate surface area is 141 Å². The number of thiophene rings is 1. The highest BCUT2D eigenvalue weighted by atomic mass is 32.1. The van der Waals surface area contributed by atoms with Crippen LogP contribution in [0.5, 0.6) is 5.75 Å². The molecule has 2 heterocycles. The van der Waals surface area contributed by atoms with Crippen molar-refractivity contribution in [2.24, 2.45) is 0 Å². The van der Waals surface area contributed by atoms with Gasteiger partial charge in [-0.2, -0.15) is 0 Å². The molecule has 0 spiro atoms. The summed E-state index contributed by atoms with van der Waals surface area (Å²) in [5, 5.41) is 3.32. The largest absolute Gasteiger partial charge is 0.497 e. The number of nitrogens with zero attached hydrogens (tertiary/aromatic N) is 1. The van der Waals surface area contributed by atoms with Crippen LogP contribution in [-0.4, -0.2) is 43.6 Å². The molecule has 122 valence electrons. The van der Waals surface area contributed by atoms with Crippen LogP contribution in [0.15, 0.2) is 30.3 Å². The molecule has 0 saturated carbocycles. The first kappa shape index (κ1) is 16.0. The first-order valence-corrected chi connectivity index (χ1v) is 8.68. The molecule has 1 aromatic carbocycles. The molecule has 1 aliphatic rings. The summed E-state index contributed by atoms with van der Waals surface area (Å²) in [5.41, 5.74) is 2.25. The van der Waals surface area contributed by atoms with Crippen molar-refractivity contribution in [3.8, 4) is 16.9 Å². The third kappa shape index (κ3) is 3.26. The van der Waals surface area contributed by atoms with Gasteiger partial charge in [-0.3, -0.25) is 4.79 Å². The molecule has 3 rings (SSSR count). The number of piperazine rings is 1. The van der Waals surface area contributed by atoms with Crippen LogP contribution in [0.3, 0.4) is 0 Å². The first-order valence-electron chi connectivity index (χ1n) is 7.86. The Balaban J connectivity index is 1.86. The molecule has 2 aromatic rings. The lowest BCUT2D eigenvalue weighted by molar-refractivity contribution is 0.0661. The summed E-state index contributed by atoms with van der Waals surface area (Å²) in [4.78, 5) is 16.8. The van der Waals surface area contributed by atoms with E-state index in [2.05, 4.69) is 19.2 Å². The quantitative estimate of drug-likeness (QED) is 0.940. The molecule has 0 radical (unpaired) electrons. The summed E-state index contributed by atoms with van der Waals surface area (Å²) in [7, 11) is 1.66. The Kier molecular flexibility index (Phi) is 4.68. The number of hydrogen-bond donors (Lipinski definition) is 1. The van der Waals surface area contributed by atoms with Gasteiger partial charge in [-0.05, 0) is 43.2 Å². The minimum Gasteiger partial charge on any atom is -0.497 e. The Morgan fingerprint density at radius 2 is 2.09 bits per heavy atom. The van der Waals surface area contributed by atoms with Crippen molar-refractivity contribution in [1.82, 2.24) is 10.2 Å². The molecule has 1 aliphatic heterocycles. The third-order valence-electron chi connectivity index (χ3n) is 4.29. The number of nitrogens with one attached hydrogen (secondary N) is 1. The normalized spacial score (nSPS) is 18.0. The predicted molar refractivity (Wildman–Crippen MR) is 94.4 cm³/mol. The molecule has 23 heavy (non-hydrogen) atoms. The number of amides is 1. The molecule has 0 aliphatic carbocycles. The summed E-state index contributed by atoms with van der Waals surface area (Å²) in [5.74, 6) is 0.986. The van der Waals surface area contributed by atoms with Crippen molar-refractivity contribution in [2.45, 2.75) is 19.9 Å². The van der Waals surface area contributed by atoms with Crippen LogP contribution in [0.4, 0.5) is 0 Å². The van der Waals surface area contributed by atoms with E-state index in [1.54, 1.807) is 18.4 Å². The van der Waals surface area contributed by atoms with E-state index in [1.165, 1.54) is 4.88 Å². The minimum absolute atomic E-state index is 0.145. The summed E-state index contributed by atoms with van der Waals surface area (Å²) < 4.78 is 5.21. The minimum atomic E-state index is 0.145. The number of hydrogen-bond acceptors (Lipinski definition) is 4. The van der Waals surface area contributed by atoms with Gasteiger partial charge in [-0.25, -0.2) is 0 Å². The van der Waals surface area contributed by atoms with Gasteiger partial charge in [0.2, 0.25) is 0 Å². The van der Waals surface area contributed by atoms with Crippen LogP contribution in [0.25, 0.3) is 11.1 Å². The monoisotopic (exact) mass is 330 g/mol. The number of aryl methyl sites for hydroxylation is 1. The molecular weight excluding hydrogens is 308 g/mol. The zero-order valence-electron chi connectivity index (χ0n) is 13.8. The lowest BCUT2D eigenvalue weighted by atomic mass is 10.1. The Morgan fingerprint density at radius 3 is 2.74 bits per heavy atom. The lowest BCUT2D eigenvalue weighted by Crippen LogP contribution is -2.52. The number of benzene rings is 1. The summed E-state index contributed by atoms with van der Waals surface area (Å²) in [6.45, 7) is 6.67. The maximum Gasteiger partial charge on any atom is 0.264 e. The van der Waals surface area contributed by atoms with E-state index in [4.69, 9.17) is 4.74 Å². The van der Waals surface area contributed by atoms with E-state index < -0.39 is 0 Å². The summed E-state index contributed by atoms with van der Waals surface area (Å²) in [6.07, 6.45) is 0. The van der Waals surface area contributed by atoms with E-state index in [0.717, 1.165) is 41.4 Å². The van der Waals surface area contributed by atoms with Gasteiger partial charge in [0.25, 0.3) is 5.91 Å². The molecule has 0 bridgehead atoms. The Hall–Kier alpha value is -1.85. The fourth-order valence-electron chi connectivity index (χ4n) is 2.93. The van der Waals surface area contributed by atoms with Gasteiger partial charge < -0.3 is 15.0 Å². The van der Waals surface area contributed by atoms with E-state index in [9.17, 15) is 4.79 Å². The highest BCUT2D eigenvalue weighted by Gasteiger charge is 2.25. The number of ether oxygens (including phenoxy) is 1. The molecular formula is C18H22N2O2S. The Morgan fingerprint density at radius 1 is 1.35 bits per heavy atom. The summed E-state index contributed by atoms with van der Waals surface area (Å²) >= 11 is 1.58. The van der Waals surface area contributed by atoms with Crippen LogP contribution < -0.4 is 10.1 Å². The average Bonchev–Trinajstić information content (AvgIpc) is 2.96. The number of rotatable bonds is 3. The van der Waals surface area contributed by atoms with Crippen molar-refractivity contribution < 1.29 is 9.53 Å². The fourth-order valence-corrected chi connectivity index (χ4v) is 3.93. The molecule has 1 amide bonds. The van der Waals surface area contributed by atoms with E-state index >= 15 is 0 Å². The topological polar surface area (TPSA) is 41.6 Å². The van der Waals surface area contributed by atoms with Crippen LogP contribution in [0, 0.1) is 6.92 Å². The van der Waals surface area contributed by atoms with Gasteiger partial charge in [0.15, 0.2) is 0 Å². The molecule has 1 saturated heterocycles. The van der Waals surface area contributed by atoms with E-state index in [-0.39, 0.29) is 11.9 Å². The average molecular weight is 330 g/mol. The van der Waals surface area contributed by atoms with Gasteiger partial charge in [0.1, 0.15) is 5.75 Å². The maximum absolute atomic E-state index is 12.8. The van der Waals surface area contributed by atoms with Crippen LogP contribution >= 0.6 is 11.3 Å². The van der Waals surface area contributed by atoms with E-state index in [1.807, 2.05) is 35.2 Å². The van der Waals surface area contributed by atoms with Gasteiger partial charge in [-0.1, -0.05) is 12.1 Å². The zero-order chi connectivity index (χ0) is 16.4. The van der Waals surface area contributed by atoms with Gasteiger partial charge in [0.05, 0.1) is 12.0 Å². The zero-order valence-corrected chi connectivity index (χ0v) is 14.6. The van der Waals surface area contributed by atoms with Crippen molar-refractivity contribution in [3.05, 3.63) is 40.1 Å². The van der Waals surface area contributed by atoms with Crippen molar-refractivity contribution in [3.63, 3.8) is 0 Å². The molecule has 1 N–H and O–H groups in total. The predicted octanol–water partition coefficient (Wildman–Crippen LogP) is 3.17. The number of carbonyl (C=O) groups excluding carboxylic acids is 1. The third-order valence-corrected chi connectivity index (χ3v) is 5.33. The second-order valence-corrected chi connectivity index (χ2v) is 7.12. The highest BCUT2D eigenvalue weighted by Crippen LogP contribution is 2.32. The number of methoxy groups -OCH3 is 1. The lowest BCUT2D eigenvalue weighted by Gasteiger charge is -2.33. The van der Waals surface area contributed by atoms with Crippen LogP contribution in [-0.2, 0) is 0 Å². The first-order chi connectivity index (χ1) is 11.1. The SMILES string of the molecule is COc1ccc(-c2cc(C(=O)N3CCNCC3C)sc2C)cc1. The van der Waals surface area contributed by atoms with Gasteiger partial charge in [-0.15, -0.1) is 11.3 Å². The second kappa shape index (κ2) is 6.72. The molecule has 1 fully saturated rings. The summed E-state index contributed by atoms with van der Waals surface area (Å²) in [6, 6.07) is 10.2. The highest BCUT2D eigenvalue weighted by molar-refractivity contribution is 7.14. The molecule has 5 heteroatoms. The maximum atomic E-state index is 12.8. The molecule has 1 atom stereocenters. The van der Waals surface area contributed by atoms with E-state index in [0.29, 0.717) is 0 Å². The smallest absolute Gasteiger partial charge is 0.264 e. The van der Waals surface area contributed by atoms with Crippen molar-refractivity contribution in [2.75, 3.05) is 26.7 Å². The van der Waals surface area contributed by atoms with Gasteiger partial charge >= 0.3 is 0 Å². The Bertz CT molecular complexity index is 694. The molecule has 1 unspecified atom stereocenters. The van der Waals surface area contributed by atoms with Crippen molar-refractivity contribution in [1.29, 1.82) is 0 Å². The standard InChI is InChI=1S/C18H22N2O2S/c1-12-11-19-8-9-20(12)18(21)17-10-16(13(2)23-17)14-4-6-15(22-3)7-5-14/h4-7,10,12,19H,8-9,11H2,1-3H3. The van der Waals surface area contributed by atoms with Crippen molar-refractivity contribution >= 4 is 17.2 Å². The fraction of sp³-hybridized carbons (Fsp3) is 0.389. The molecule has 1 aromatic heterocycles. The van der Waals surface area contributed by atoms with Crippen LogP contribution in [0.2, 0.25) is 0 Å². The molecule has 4 nitrogen and oxygen atoms in total. The van der Waals surface area contributed by atoms with Crippen LogP contribution in [0.1, 0.15) is 21.5 Å². The second-order valence-electron chi connectivity index (χ2n) is 5.86. The van der Waals surface area contributed by atoms with Gasteiger partial charge in [0, 0.05) is 30.6 Å². The number of carbonyl (C=O) groups is 1.